The number of amides is 1. The maximum Gasteiger partial charge on any atom is 0.224 e. The quantitative estimate of drug-likeness (QED) is 0.569. The lowest BCUT2D eigenvalue weighted by atomic mass is 10.0. The number of guanidine groups is 1. The molecule has 0 aromatic carbocycles. The van der Waals surface area contributed by atoms with Crippen molar-refractivity contribution in [2.45, 2.75) is 57.9 Å². The maximum atomic E-state index is 12.3. The molecule has 2 N–H and O–H groups in total. The fraction of sp³-hybridized carbons (Fsp3) is 0.889. The fourth-order valence-electron chi connectivity index (χ4n) is 3.64. The monoisotopic (exact) mass is 337 g/mol. The lowest BCUT2D eigenvalue weighted by Gasteiger charge is -2.33. The normalized spacial score (nSPS) is 23.2. The molecule has 2 saturated heterocycles. The van der Waals surface area contributed by atoms with Gasteiger partial charge in [-0.25, -0.2) is 0 Å². The van der Waals surface area contributed by atoms with Crippen LogP contribution in [0.2, 0.25) is 0 Å². The summed E-state index contributed by atoms with van der Waals surface area (Å²) in [6.45, 7) is 8.12. The molecular formula is C18H35N5O. The zero-order chi connectivity index (χ0) is 17.2. The van der Waals surface area contributed by atoms with Gasteiger partial charge in [-0.3, -0.25) is 9.79 Å². The smallest absolute Gasteiger partial charge is 0.224 e. The number of carbonyl (C=O) groups is 1. The van der Waals surface area contributed by atoms with Crippen LogP contribution in [0.15, 0.2) is 4.99 Å². The van der Waals surface area contributed by atoms with E-state index in [-0.39, 0.29) is 5.91 Å². The van der Waals surface area contributed by atoms with E-state index in [0.29, 0.717) is 19.0 Å². The highest BCUT2D eigenvalue weighted by atomic mass is 16.2. The van der Waals surface area contributed by atoms with Gasteiger partial charge in [0.05, 0.1) is 0 Å². The molecule has 138 valence electrons. The van der Waals surface area contributed by atoms with Crippen LogP contribution in [-0.4, -0.2) is 74.0 Å². The minimum Gasteiger partial charge on any atom is -0.356 e. The van der Waals surface area contributed by atoms with Crippen molar-refractivity contribution in [2.24, 2.45) is 4.99 Å². The molecule has 2 rings (SSSR count). The Morgan fingerprint density at radius 2 is 1.75 bits per heavy atom. The first-order chi connectivity index (χ1) is 11.7. The summed E-state index contributed by atoms with van der Waals surface area (Å²) in [5, 5.41) is 6.62. The average molecular weight is 338 g/mol. The molecule has 24 heavy (non-hydrogen) atoms. The molecule has 1 unspecified atom stereocenters. The summed E-state index contributed by atoms with van der Waals surface area (Å²) in [5.41, 5.74) is 0. The Morgan fingerprint density at radius 1 is 1.04 bits per heavy atom. The molecule has 6 heteroatoms. The Labute approximate surface area is 147 Å². The van der Waals surface area contributed by atoms with Crippen LogP contribution in [0.5, 0.6) is 0 Å². The molecular weight excluding hydrogens is 302 g/mol. The predicted molar refractivity (Wildman–Crippen MR) is 99.3 cm³/mol. The van der Waals surface area contributed by atoms with E-state index >= 15 is 0 Å². The molecule has 0 aromatic rings. The van der Waals surface area contributed by atoms with Crippen molar-refractivity contribution in [3.63, 3.8) is 0 Å². The molecule has 0 spiro atoms. The highest BCUT2D eigenvalue weighted by Gasteiger charge is 2.22. The third kappa shape index (κ3) is 6.30. The van der Waals surface area contributed by atoms with Crippen LogP contribution in [0.1, 0.15) is 51.9 Å². The van der Waals surface area contributed by atoms with Gasteiger partial charge >= 0.3 is 0 Å². The molecule has 2 aliphatic rings. The third-order valence-corrected chi connectivity index (χ3v) is 5.15. The van der Waals surface area contributed by atoms with Crippen molar-refractivity contribution in [2.75, 3.05) is 46.3 Å². The molecule has 1 amide bonds. The first-order valence-electron chi connectivity index (χ1n) is 9.67. The minimum absolute atomic E-state index is 0.262. The molecule has 2 heterocycles. The zero-order valence-electron chi connectivity index (χ0n) is 15.5. The number of hydrogen-bond acceptors (Lipinski definition) is 3. The highest BCUT2D eigenvalue weighted by molar-refractivity contribution is 5.81. The molecule has 2 aliphatic heterocycles. The largest absolute Gasteiger partial charge is 0.356 e. The van der Waals surface area contributed by atoms with E-state index in [9.17, 15) is 4.79 Å². The summed E-state index contributed by atoms with van der Waals surface area (Å²) in [6.07, 6.45) is 8.08. The van der Waals surface area contributed by atoms with Gasteiger partial charge < -0.3 is 20.4 Å². The Kier molecular flexibility index (Phi) is 8.36. The lowest BCUT2D eigenvalue weighted by molar-refractivity contribution is -0.134. The lowest BCUT2D eigenvalue weighted by Crippen LogP contribution is -2.45. The second-order valence-corrected chi connectivity index (χ2v) is 7.01. The standard InChI is InChI=1S/C18H35N5O/c1-16-8-4-7-14-23(16)17(24)9-10-20-18(19-2)21-11-15-22-12-5-3-6-13-22/h16H,3-15H2,1-2H3,(H2,19,20,21). The van der Waals surface area contributed by atoms with E-state index in [2.05, 4.69) is 27.4 Å². The van der Waals surface area contributed by atoms with Gasteiger partial charge in [-0.15, -0.1) is 0 Å². The third-order valence-electron chi connectivity index (χ3n) is 5.15. The van der Waals surface area contributed by atoms with Crippen molar-refractivity contribution in [3.05, 3.63) is 0 Å². The summed E-state index contributed by atoms with van der Waals surface area (Å²) in [7, 11) is 1.78. The molecule has 0 radical (unpaired) electrons. The van der Waals surface area contributed by atoms with Crippen molar-refractivity contribution >= 4 is 11.9 Å². The number of likely N-dealkylation sites (tertiary alicyclic amines) is 2. The van der Waals surface area contributed by atoms with Crippen LogP contribution in [0.3, 0.4) is 0 Å². The number of nitrogens with zero attached hydrogens (tertiary/aromatic N) is 3. The van der Waals surface area contributed by atoms with Gasteiger partial charge in [0.15, 0.2) is 5.96 Å². The van der Waals surface area contributed by atoms with Crippen LogP contribution in [0.25, 0.3) is 0 Å². The summed E-state index contributed by atoms with van der Waals surface area (Å²) in [5.74, 6) is 1.06. The number of piperidine rings is 2. The van der Waals surface area contributed by atoms with Crippen LogP contribution in [-0.2, 0) is 4.79 Å². The molecule has 0 saturated carbocycles. The van der Waals surface area contributed by atoms with Crippen LogP contribution < -0.4 is 10.6 Å². The molecule has 0 bridgehead atoms. The molecule has 0 aromatic heterocycles. The predicted octanol–water partition coefficient (Wildman–Crippen LogP) is 1.43. The Balaban J connectivity index is 1.59. The van der Waals surface area contributed by atoms with Gasteiger partial charge in [0.25, 0.3) is 0 Å². The fourth-order valence-corrected chi connectivity index (χ4v) is 3.64. The van der Waals surface area contributed by atoms with E-state index < -0.39 is 0 Å². The van der Waals surface area contributed by atoms with Crippen LogP contribution in [0.4, 0.5) is 0 Å². The van der Waals surface area contributed by atoms with Crippen molar-refractivity contribution in [3.8, 4) is 0 Å². The molecule has 1 atom stereocenters. The summed E-state index contributed by atoms with van der Waals surface area (Å²) in [4.78, 5) is 21.1. The number of rotatable bonds is 6. The summed E-state index contributed by atoms with van der Waals surface area (Å²) in [6, 6.07) is 0.397. The van der Waals surface area contributed by atoms with E-state index in [0.717, 1.165) is 38.4 Å². The SMILES string of the molecule is CN=C(NCCC(=O)N1CCCCC1C)NCCN1CCCCC1. The van der Waals surface area contributed by atoms with E-state index in [4.69, 9.17) is 0 Å². The molecule has 6 nitrogen and oxygen atoms in total. The Bertz CT molecular complexity index is 406. The first kappa shape index (κ1) is 19.0. The van der Waals surface area contributed by atoms with Crippen LogP contribution >= 0.6 is 0 Å². The maximum absolute atomic E-state index is 12.3. The summed E-state index contributed by atoms with van der Waals surface area (Å²) < 4.78 is 0. The first-order valence-corrected chi connectivity index (χ1v) is 9.67. The van der Waals surface area contributed by atoms with Gasteiger partial charge in [0.1, 0.15) is 0 Å². The second-order valence-electron chi connectivity index (χ2n) is 7.01. The van der Waals surface area contributed by atoms with Crippen molar-refractivity contribution < 1.29 is 4.79 Å². The van der Waals surface area contributed by atoms with Gasteiger partial charge in [0, 0.05) is 45.7 Å². The number of nitrogens with one attached hydrogen (secondary N) is 2. The van der Waals surface area contributed by atoms with Crippen molar-refractivity contribution in [1.82, 2.24) is 20.4 Å². The van der Waals surface area contributed by atoms with E-state index in [1.54, 1.807) is 7.05 Å². The van der Waals surface area contributed by atoms with Crippen molar-refractivity contribution in [1.29, 1.82) is 0 Å². The number of hydrogen-bond donors (Lipinski definition) is 2. The Hall–Kier alpha value is -1.30. The average Bonchev–Trinajstić information content (AvgIpc) is 2.61. The zero-order valence-corrected chi connectivity index (χ0v) is 15.5. The van der Waals surface area contributed by atoms with Gasteiger partial charge in [-0.1, -0.05) is 6.42 Å². The number of aliphatic imine (C=N–C) groups is 1. The van der Waals surface area contributed by atoms with Gasteiger partial charge in [-0.2, -0.15) is 0 Å². The molecule has 2 fully saturated rings. The van der Waals surface area contributed by atoms with Gasteiger partial charge in [-0.05, 0) is 52.1 Å². The summed E-state index contributed by atoms with van der Waals surface area (Å²) >= 11 is 0. The minimum atomic E-state index is 0.262. The topological polar surface area (TPSA) is 60.0 Å². The Morgan fingerprint density at radius 3 is 2.46 bits per heavy atom. The van der Waals surface area contributed by atoms with Gasteiger partial charge in [0.2, 0.25) is 5.91 Å². The van der Waals surface area contributed by atoms with Crippen LogP contribution in [0, 0.1) is 0 Å². The highest BCUT2D eigenvalue weighted by Crippen LogP contribution is 2.16. The number of carbonyl (C=O) groups excluding carboxylic acids is 1. The van der Waals surface area contributed by atoms with E-state index in [1.165, 1.54) is 38.8 Å². The second kappa shape index (κ2) is 10.5. The van der Waals surface area contributed by atoms with E-state index in [1.807, 2.05) is 4.90 Å². The molecule has 0 aliphatic carbocycles.